The molecule has 1 saturated carbocycles. The lowest BCUT2D eigenvalue weighted by Gasteiger charge is -2.24. The van der Waals surface area contributed by atoms with Gasteiger partial charge in [-0.25, -0.2) is 0 Å². The first-order valence-corrected chi connectivity index (χ1v) is 5.81. The zero-order valence-corrected chi connectivity index (χ0v) is 9.94. The Kier molecular flexibility index (Phi) is 4.73. The van der Waals surface area contributed by atoms with Crippen molar-refractivity contribution in [2.24, 2.45) is 5.73 Å². The third-order valence-corrected chi connectivity index (χ3v) is 2.63. The molecule has 1 atom stereocenters. The average molecular weight is 228 g/mol. The molecule has 0 aromatic carbocycles. The van der Waals surface area contributed by atoms with Gasteiger partial charge in [0.2, 0.25) is 5.91 Å². The number of nitrogens with zero attached hydrogens (tertiary/aromatic N) is 1. The smallest absolute Gasteiger partial charge is 0.325 e. The molecule has 0 radical (unpaired) electrons. The van der Waals surface area contributed by atoms with Gasteiger partial charge in [-0.1, -0.05) is 6.92 Å². The summed E-state index contributed by atoms with van der Waals surface area (Å²) in [7, 11) is 0. The number of carbonyl (C=O) groups is 2. The van der Waals surface area contributed by atoms with Crippen LogP contribution in [0.5, 0.6) is 0 Å². The molecule has 0 aromatic rings. The standard InChI is InChI=1S/C11H20N2O3/c1-3-9(12)11(15)13(8-5-6-8)7-10(14)16-4-2/h8-9H,3-7,12H2,1-2H3. The molecule has 0 bridgehead atoms. The summed E-state index contributed by atoms with van der Waals surface area (Å²) in [5.74, 6) is -0.496. The Morgan fingerprint density at radius 3 is 2.50 bits per heavy atom. The number of hydrogen-bond donors (Lipinski definition) is 1. The second-order valence-corrected chi connectivity index (χ2v) is 4.02. The number of ether oxygens (including phenoxy) is 1. The van der Waals surface area contributed by atoms with E-state index in [-0.39, 0.29) is 24.5 Å². The lowest BCUT2D eigenvalue weighted by Crippen LogP contribution is -2.47. The minimum Gasteiger partial charge on any atom is -0.465 e. The maximum absolute atomic E-state index is 11.9. The van der Waals surface area contributed by atoms with Gasteiger partial charge >= 0.3 is 5.97 Å². The van der Waals surface area contributed by atoms with Gasteiger partial charge in [0.05, 0.1) is 12.6 Å². The van der Waals surface area contributed by atoms with Crippen molar-refractivity contribution in [2.45, 2.75) is 45.2 Å². The van der Waals surface area contributed by atoms with Crippen LogP contribution in [0.1, 0.15) is 33.1 Å². The van der Waals surface area contributed by atoms with E-state index in [1.54, 1.807) is 11.8 Å². The molecular formula is C11H20N2O3. The van der Waals surface area contributed by atoms with Gasteiger partial charge in [-0.2, -0.15) is 0 Å². The topological polar surface area (TPSA) is 72.6 Å². The van der Waals surface area contributed by atoms with Crippen molar-refractivity contribution in [2.75, 3.05) is 13.2 Å². The lowest BCUT2D eigenvalue weighted by molar-refractivity contribution is -0.149. The highest BCUT2D eigenvalue weighted by atomic mass is 16.5. The van der Waals surface area contributed by atoms with E-state index in [9.17, 15) is 9.59 Å². The zero-order chi connectivity index (χ0) is 12.1. The highest BCUT2D eigenvalue weighted by Crippen LogP contribution is 2.27. The van der Waals surface area contributed by atoms with Gasteiger partial charge in [-0.3, -0.25) is 9.59 Å². The monoisotopic (exact) mass is 228 g/mol. The van der Waals surface area contributed by atoms with Crippen molar-refractivity contribution >= 4 is 11.9 Å². The Hall–Kier alpha value is -1.10. The van der Waals surface area contributed by atoms with Crippen molar-refractivity contribution in [3.05, 3.63) is 0 Å². The Morgan fingerprint density at radius 1 is 1.44 bits per heavy atom. The van der Waals surface area contributed by atoms with E-state index in [4.69, 9.17) is 10.5 Å². The number of nitrogens with two attached hydrogens (primary N) is 1. The number of amides is 1. The summed E-state index contributed by atoms with van der Waals surface area (Å²) in [5, 5.41) is 0. The van der Waals surface area contributed by atoms with E-state index in [2.05, 4.69) is 0 Å². The normalized spacial score (nSPS) is 16.7. The third kappa shape index (κ3) is 3.48. The highest BCUT2D eigenvalue weighted by molar-refractivity contribution is 5.86. The van der Waals surface area contributed by atoms with Crippen molar-refractivity contribution in [1.29, 1.82) is 0 Å². The van der Waals surface area contributed by atoms with Crippen molar-refractivity contribution in [3.63, 3.8) is 0 Å². The molecule has 1 aliphatic carbocycles. The minimum atomic E-state index is -0.505. The molecule has 5 nitrogen and oxygen atoms in total. The first-order valence-electron chi connectivity index (χ1n) is 5.81. The van der Waals surface area contributed by atoms with E-state index in [1.807, 2.05) is 6.92 Å². The maximum Gasteiger partial charge on any atom is 0.325 e. The molecule has 0 aromatic heterocycles. The first-order chi connectivity index (χ1) is 7.60. The van der Waals surface area contributed by atoms with Gasteiger partial charge in [0.25, 0.3) is 0 Å². The van der Waals surface area contributed by atoms with Crippen LogP contribution in [0.4, 0.5) is 0 Å². The van der Waals surface area contributed by atoms with Crippen LogP contribution in [0.2, 0.25) is 0 Å². The fourth-order valence-electron chi connectivity index (χ4n) is 1.51. The van der Waals surface area contributed by atoms with Crippen LogP contribution in [0, 0.1) is 0 Å². The van der Waals surface area contributed by atoms with Gasteiger partial charge in [0, 0.05) is 6.04 Å². The summed E-state index contributed by atoms with van der Waals surface area (Å²) in [6.45, 7) is 3.98. The van der Waals surface area contributed by atoms with E-state index >= 15 is 0 Å². The number of rotatable bonds is 6. The van der Waals surface area contributed by atoms with Crippen LogP contribution in [-0.4, -0.2) is 42.0 Å². The second kappa shape index (κ2) is 5.84. The van der Waals surface area contributed by atoms with Crippen molar-refractivity contribution in [1.82, 2.24) is 4.90 Å². The van der Waals surface area contributed by atoms with Gasteiger partial charge in [-0.15, -0.1) is 0 Å². The molecule has 0 heterocycles. The third-order valence-electron chi connectivity index (χ3n) is 2.63. The van der Waals surface area contributed by atoms with Crippen LogP contribution in [-0.2, 0) is 14.3 Å². The summed E-state index contributed by atoms with van der Waals surface area (Å²) in [4.78, 5) is 24.8. The molecule has 1 fully saturated rings. The molecule has 1 amide bonds. The van der Waals surface area contributed by atoms with Crippen LogP contribution < -0.4 is 5.73 Å². The number of hydrogen-bond acceptors (Lipinski definition) is 4. The summed E-state index contributed by atoms with van der Waals surface area (Å²) < 4.78 is 4.84. The molecule has 0 aliphatic heterocycles. The average Bonchev–Trinajstić information content (AvgIpc) is 3.08. The van der Waals surface area contributed by atoms with E-state index in [0.717, 1.165) is 12.8 Å². The predicted molar refractivity (Wildman–Crippen MR) is 59.6 cm³/mol. The molecular weight excluding hydrogens is 208 g/mol. The van der Waals surface area contributed by atoms with E-state index in [1.165, 1.54) is 0 Å². The molecule has 2 N–H and O–H groups in total. The van der Waals surface area contributed by atoms with Crippen LogP contribution >= 0.6 is 0 Å². The molecule has 0 saturated heterocycles. The SMILES string of the molecule is CCOC(=O)CN(C(=O)C(N)CC)C1CC1. The Bertz CT molecular complexity index is 264. The van der Waals surface area contributed by atoms with E-state index in [0.29, 0.717) is 13.0 Å². The Balaban J connectivity index is 2.53. The first kappa shape index (κ1) is 13.0. The van der Waals surface area contributed by atoms with Gasteiger partial charge < -0.3 is 15.4 Å². The fourth-order valence-corrected chi connectivity index (χ4v) is 1.51. The van der Waals surface area contributed by atoms with Crippen LogP contribution in [0.15, 0.2) is 0 Å². The Morgan fingerprint density at radius 2 is 2.06 bits per heavy atom. The summed E-state index contributed by atoms with van der Waals surface area (Å²) >= 11 is 0. The zero-order valence-electron chi connectivity index (χ0n) is 9.94. The lowest BCUT2D eigenvalue weighted by atomic mass is 10.2. The number of esters is 1. The molecule has 0 spiro atoms. The van der Waals surface area contributed by atoms with Crippen LogP contribution in [0.3, 0.4) is 0 Å². The van der Waals surface area contributed by atoms with Gasteiger partial charge in [-0.05, 0) is 26.2 Å². The molecule has 1 rings (SSSR count). The molecule has 92 valence electrons. The summed E-state index contributed by atoms with van der Waals surface area (Å²) in [6.07, 6.45) is 2.51. The summed E-state index contributed by atoms with van der Waals surface area (Å²) in [5.41, 5.74) is 5.69. The molecule has 16 heavy (non-hydrogen) atoms. The van der Waals surface area contributed by atoms with E-state index < -0.39 is 6.04 Å². The molecule has 5 heteroatoms. The van der Waals surface area contributed by atoms with Crippen LogP contribution in [0.25, 0.3) is 0 Å². The molecule has 1 aliphatic rings. The Labute approximate surface area is 95.9 Å². The van der Waals surface area contributed by atoms with Crippen molar-refractivity contribution < 1.29 is 14.3 Å². The predicted octanol–water partition coefficient (Wildman–Crippen LogP) is 0.278. The summed E-state index contributed by atoms with van der Waals surface area (Å²) in [6, 6.07) is -0.315. The van der Waals surface area contributed by atoms with Crippen molar-refractivity contribution in [3.8, 4) is 0 Å². The molecule has 1 unspecified atom stereocenters. The second-order valence-electron chi connectivity index (χ2n) is 4.02. The van der Waals surface area contributed by atoms with Gasteiger partial charge in [0.1, 0.15) is 6.54 Å². The largest absolute Gasteiger partial charge is 0.465 e. The highest BCUT2D eigenvalue weighted by Gasteiger charge is 2.35. The van der Waals surface area contributed by atoms with Gasteiger partial charge in [0.15, 0.2) is 0 Å². The quantitative estimate of drug-likeness (QED) is 0.663. The minimum absolute atomic E-state index is 0.0328. The number of carbonyl (C=O) groups excluding carboxylic acids is 2. The maximum atomic E-state index is 11.9. The fraction of sp³-hybridized carbons (Fsp3) is 0.818.